The number of rotatable bonds is 7. The molecule has 0 aliphatic rings. The van der Waals surface area contributed by atoms with Crippen molar-refractivity contribution in [2.45, 2.75) is 44.1 Å². The van der Waals surface area contributed by atoms with Crippen LogP contribution in [0.3, 0.4) is 0 Å². The van der Waals surface area contributed by atoms with Crippen LogP contribution in [0.4, 0.5) is 0 Å². The lowest BCUT2D eigenvalue weighted by atomic mass is 10.2. The second-order valence-corrected chi connectivity index (χ2v) is 5.27. The average Bonchev–Trinajstić information content (AvgIpc) is 2.63. The number of aromatic nitrogens is 2. The van der Waals surface area contributed by atoms with Crippen molar-refractivity contribution in [3.63, 3.8) is 0 Å². The average molecular weight is 229 g/mol. The van der Waals surface area contributed by atoms with Gasteiger partial charge < -0.3 is 10.3 Å². The van der Waals surface area contributed by atoms with E-state index < -0.39 is 0 Å². The Morgan fingerprint density at radius 2 is 2.20 bits per heavy atom. The summed E-state index contributed by atoms with van der Waals surface area (Å²) in [6.45, 7) is 5.05. The Labute approximate surface area is 95.0 Å². The van der Waals surface area contributed by atoms with Gasteiger partial charge in [-0.15, -0.1) is 0 Å². The lowest BCUT2D eigenvalue weighted by Crippen LogP contribution is -1.99. The Morgan fingerprint density at radius 1 is 1.40 bits per heavy atom. The van der Waals surface area contributed by atoms with Gasteiger partial charge in [-0.1, -0.05) is 19.0 Å². The summed E-state index contributed by atoms with van der Waals surface area (Å²) in [4.78, 5) is 4.31. The Kier molecular flexibility index (Phi) is 5.71. The van der Waals surface area contributed by atoms with Gasteiger partial charge >= 0.3 is 0 Å². The molecule has 0 spiro atoms. The number of hydrogen-bond acceptors (Lipinski definition) is 5. The van der Waals surface area contributed by atoms with Crippen LogP contribution in [0.2, 0.25) is 0 Å². The lowest BCUT2D eigenvalue weighted by molar-refractivity contribution is 0.371. The summed E-state index contributed by atoms with van der Waals surface area (Å²) in [7, 11) is 0. The van der Waals surface area contributed by atoms with E-state index in [0.29, 0.717) is 5.25 Å². The summed E-state index contributed by atoms with van der Waals surface area (Å²) in [5.41, 5.74) is 5.41. The molecule has 0 saturated carbocycles. The molecule has 0 amide bonds. The van der Waals surface area contributed by atoms with E-state index >= 15 is 0 Å². The maximum absolute atomic E-state index is 5.41. The van der Waals surface area contributed by atoms with Gasteiger partial charge in [0.15, 0.2) is 5.82 Å². The van der Waals surface area contributed by atoms with Gasteiger partial charge in [0.05, 0.1) is 5.75 Å². The van der Waals surface area contributed by atoms with Crippen molar-refractivity contribution in [2.24, 2.45) is 5.73 Å². The molecule has 0 unspecified atom stereocenters. The number of nitrogens with zero attached hydrogens (tertiary/aromatic N) is 2. The molecule has 0 aliphatic carbocycles. The molecule has 0 fully saturated rings. The molecule has 0 radical (unpaired) electrons. The highest BCUT2D eigenvalue weighted by molar-refractivity contribution is 7.99. The molecule has 5 heteroatoms. The molecule has 0 aromatic carbocycles. The van der Waals surface area contributed by atoms with Crippen molar-refractivity contribution in [2.75, 3.05) is 6.54 Å². The first kappa shape index (κ1) is 12.5. The molecule has 15 heavy (non-hydrogen) atoms. The summed E-state index contributed by atoms with van der Waals surface area (Å²) < 4.78 is 5.13. The van der Waals surface area contributed by atoms with Crippen molar-refractivity contribution in [1.82, 2.24) is 10.1 Å². The molecular formula is C10H19N3OS. The number of unbranched alkanes of at least 4 members (excludes halogenated alkanes) is 1. The number of nitrogens with two attached hydrogens (primary N) is 1. The Hall–Kier alpha value is -0.550. The molecular weight excluding hydrogens is 210 g/mol. The molecule has 1 aromatic rings. The van der Waals surface area contributed by atoms with Crippen LogP contribution in [0.1, 0.15) is 38.4 Å². The highest BCUT2D eigenvalue weighted by Gasteiger charge is 2.06. The second kappa shape index (κ2) is 6.85. The maximum Gasteiger partial charge on any atom is 0.226 e. The molecule has 0 saturated heterocycles. The third kappa shape index (κ3) is 5.18. The highest BCUT2D eigenvalue weighted by atomic mass is 32.2. The largest absolute Gasteiger partial charge is 0.339 e. The van der Waals surface area contributed by atoms with Gasteiger partial charge in [-0.2, -0.15) is 16.7 Å². The van der Waals surface area contributed by atoms with E-state index in [2.05, 4.69) is 24.0 Å². The minimum atomic E-state index is 0.601. The van der Waals surface area contributed by atoms with E-state index in [1.807, 2.05) is 11.8 Å². The van der Waals surface area contributed by atoms with Gasteiger partial charge in [-0.05, 0) is 24.6 Å². The van der Waals surface area contributed by atoms with Gasteiger partial charge in [-0.3, -0.25) is 0 Å². The van der Waals surface area contributed by atoms with Gasteiger partial charge in [0, 0.05) is 6.42 Å². The smallest absolute Gasteiger partial charge is 0.226 e. The van der Waals surface area contributed by atoms with Crippen molar-refractivity contribution in [3.8, 4) is 0 Å². The zero-order valence-electron chi connectivity index (χ0n) is 9.40. The molecule has 0 bridgehead atoms. The third-order valence-corrected chi connectivity index (χ3v) is 2.99. The molecule has 1 aromatic heterocycles. The minimum Gasteiger partial charge on any atom is -0.339 e. The molecule has 1 rings (SSSR count). The Morgan fingerprint density at radius 3 is 2.87 bits per heavy atom. The van der Waals surface area contributed by atoms with Crippen LogP contribution in [0, 0.1) is 0 Å². The van der Waals surface area contributed by atoms with Gasteiger partial charge in [-0.25, -0.2) is 0 Å². The minimum absolute atomic E-state index is 0.601. The molecule has 4 nitrogen and oxygen atoms in total. The van der Waals surface area contributed by atoms with Crippen LogP contribution >= 0.6 is 11.8 Å². The van der Waals surface area contributed by atoms with Crippen LogP contribution in [0.15, 0.2) is 4.52 Å². The van der Waals surface area contributed by atoms with E-state index in [9.17, 15) is 0 Å². The third-order valence-electron chi connectivity index (χ3n) is 1.90. The standard InChI is InChI=1S/C10H19N3OS/c1-8(2)15-7-9-12-10(14-13-9)5-3-4-6-11/h8H,3-7,11H2,1-2H3. The predicted molar refractivity (Wildman–Crippen MR) is 62.7 cm³/mol. The first-order chi connectivity index (χ1) is 7.22. The van der Waals surface area contributed by atoms with Gasteiger partial charge in [0.25, 0.3) is 0 Å². The van der Waals surface area contributed by atoms with Crippen molar-refractivity contribution in [3.05, 3.63) is 11.7 Å². The van der Waals surface area contributed by atoms with E-state index in [1.165, 1.54) is 0 Å². The fourth-order valence-corrected chi connectivity index (χ4v) is 1.71. The van der Waals surface area contributed by atoms with Crippen LogP contribution in [-0.2, 0) is 12.2 Å². The topological polar surface area (TPSA) is 64.9 Å². The number of aryl methyl sites for hydroxylation is 1. The van der Waals surface area contributed by atoms with Gasteiger partial charge in [0.1, 0.15) is 0 Å². The maximum atomic E-state index is 5.41. The van der Waals surface area contributed by atoms with Gasteiger partial charge in [0.2, 0.25) is 5.89 Å². The van der Waals surface area contributed by atoms with Crippen molar-refractivity contribution >= 4 is 11.8 Å². The highest BCUT2D eigenvalue weighted by Crippen LogP contribution is 2.15. The normalized spacial score (nSPS) is 11.2. The molecule has 2 N–H and O–H groups in total. The first-order valence-corrected chi connectivity index (χ1v) is 6.40. The SMILES string of the molecule is CC(C)SCc1noc(CCCCN)n1. The van der Waals surface area contributed by atoms with Crippen LogP contribution in [-0.4, -0.2) is 21.9 Å². The number of hydrogen-bond donors (Lipinski definition) is 1. The quantitative estimate of drug-likeness (QED) is 0.724. The fourth-order valence-electron chi connectivity index (χ4n) is 1.11. The number of thioether (sulfide) groups is 1. The molecule has 0 aliphatic heterocycles. The zero-order chi connectivity index (χ0) is 11.1. The first-order valence-electron chi connectivity index (χ1n) is 5.35. The molecule has 0 atom stereocenters. The van der Waals surface area contributed by atoms with E-state index in [0.717, 1.165) is 43.3 Å². The van der Waals surface area contributed by atoms with Crippen LogP contribution < -0.4 is 5.73 Å². The second-order valence-electron chi connectivity index (χ2n) is 3.71. The van der Waals surface area contributed by atoms with E-state index in [-0.39, 0.29) is 0 Å². The Bertz CT molecular complexity index is 275. The van der Waals surface area contributed by atoms with E-state index in [1.54, 1.807) is 0 Å². The van der Waals surface area contributed by atoms with Crippen LogP contribution in [0.25, 0.3) is 0 Å². The zero-order valence-corrected chi connectivity index (χ0v) is 10.2. The summed E-state index contributed by atoms with van der Waals surface area (Å²) in [5, 5.41) is 4.53. The predicted octanol–water partition coefficient (Wildman–Crippen LogP) is 1.99. The van der Waals surface area contributed by atoms with Crippen molar-refractivity contribution in [1.29, 1.82) is 0 Å². The molecule has 1 heterocycles. The lowest BCUT2D eigenvalue weighted by Gasteiger charge is -1.99. The summed E-state index contributed by atoms with van der Waals surface area (Å²) in [6.07, 6.45) is 2.88. The fraction of sp³-hybridized carbons (Fsp3) is 0.800. The van der Waals surface area contributed by atoms with Crippen LogP contribution in [0.5, 0.6) is 0 Å². The monoisotopic (exact) mass is 229 g/mol. The van der Waals surface area contributed by atoms with E-state index in [4.69, 9.17) is 10.3 Å². The summed E-state index contributed by atoms with van der Waals surface area (Å²) in [5.74, 6) is 2.37. The molecule has 86 valence electrons. The summed E-state index contributed by atoms with van der Waals surface area (Å²) >= 11 is 1.82. The summed E-state index contributed by atoms with van der Waals surface area (Å²) in [6, 6.07) is 0. The van der Waals surface area contributed by atoms with Crippen molar-refractivity contribution < 1.29 is 4.52 Å². The Balaban J connectivity index is 2.29.